The highest BCUT2D eigenvalue weighted by atomic mass is 15.0. The first-order valence-electron chi connectivity index (χ1n) is 18.7. The van der Waals surface area contributed by atoms with Crippen LogP contribution in [0.4, 0.5) is 0 Å². The Labute approximate surface area is 320 Å². The van der Waals surface area contributed by atoms with Gasteiger partial charge < -0.3 is 4.57 Å². The molecular weight excluding hydrogens is 669 g/mol. The Morgan fingerprint density at radius 1 is 0.564 bits per heavy atom. The number of hydrogen-bond donors (Lipinski definition) is 0. The maximum Gasteiger partial charge on any atom is 0.0896 e. The van der Waals surface area contributed by atoms with Crippen LogP contribution in [0.2, 0.25) is 0 Å². The molecule has 0 amide bonds. The fourth-order valence-corrected chi connectivity index (χ4v) is 7.98. The molecule has 0 spiro atoms. The fourth-order valence-electron chi connectivity index (χ4n) is 7.98. The third kappa shape index (κ3) is 5.85. The van der Waals surface area contributed by atoms with E-state index in [0.29, 0.717) is 0 Å². The van der Waals surface area contributed by atoms with Crippen LogP contribution in [0.3, 0.4) is 0 Å². The molecule has 0 fully saturated rings. The van der Waals surface area contributed by atoms with Gasteiger partial charge in [0, 0.05) is 39.5 Å². The lowest BCUT2D eigenvalue weighted by Gasteiger charge is -2.17. The maximum atomic E-state index is 5.32. The molecule has 0 radical (unpaired) electrons. The predicted octanol–water partition coefficient (Wildman–Crippen LogP) is 12.9. The summed E-state index contributed by atoms with van der Waals surface area (Å²) in [6.45, 7) is 4.40. The Morgan fingerprint density at radius 2 is 1.24 bits per heavy atom. The average Bonchev–Trinajstić information content (AvgIpc) is 3.45. The van der Waals surface area contributed by atoms with Crippen molar-refractivity contribution in [3.8, 4) is 50.6 Å². The normalized spacial score (nSPS) is 14.2. The molecule has 9 aromatic rings. The van der Waals surface area contributed by atoms with Gasteiger partial charge in [0.15, 0.2) is 0 Å². The van der Waals surface area contributed by atoms with Gasteiger partial charge in [-0.3, -0.25) is 9.97 Å². The van der Waals surface area contributed by atoms with Crippen molar-refractivity contribution < 1.29 is 0 Å². The van der Waals surface area contributed by atoms with E-state index in [1.54, 1.807) is 0 Å². The second kappa shape index (κ2) is 13.7. The standard InChI is InChI=1S/C51H36N4/c1-34-14-4-2-7-17-41(34)46-32-39(33-47(53-46)45-21-12-13-31-52-45)37-25-23-35(24-26-37)36-27-29-38(30-28-36)50-49-43-19-9-11-22-48(43)55(40-15-5-3-6-16-40)51(49)42-18-8-10-20-44(42)54-50/h2-13,15-33,41H,1,14H2. The molecule has 1 unspecified atom stereocenters. The second-order valence-electron chi connectivity index (χ2n) is 14.1. The van der Waals surface area contributed by atoms with E-state index >= 15 is 0 Å². The van der Waals surface area contributed by atoms with Crippen LogP contribution < -0.4 is 0 Å². The Balaban J connectivity index is 1.04. The van der Waals surface area contributed by atoms with E-state index in [2.05, 4.69) is 180 Å². The van der Waals surface area contributed by atoms with Gasteiger partial charge in [-0.15, -0.1) is 0 Å². The number of aromatic nitrogens is 4. The summed E-state index contributed by atoms with van der Waals surface area (Å²) in [6, 6.07) is 55.8. The molecule has 1 aliphatic carbocycles. The third-order valence-corrected chi connectivity index (χ3v) is 10.7. The largest absolute Gasteiger partial charge is 0.308 e. The van der Waals surface area contributed by atoms with Gasteiger partial charge in [0.2, 0.25) is 0 Å². The Hall–Kier alpha value is -7.17. The Kier molecular flexibility index (Phi) is 8.07. The van der Waals surface area contributed by atoms with Gasteiger partial charge in [-0.2, -0.15) is 0 Å². The molecule has 5 aromatic carbocycles. The lowest BCUT2D eigenvalue weighted by molar-refractivity contribution is 0.910. The first kappa shape index (κ1) is 32.5. The molecule has 0 bridgehead atoms. The van der Waals surface area contributed by atoms with Crippen LogP contribution in [0.5, 0.6) is 0 Å². The van der Waals surface area contributed by atoms with Crippen molar-refractivity contribution in [2.24, 2.45) is 0 Å². The zero-order valence-electron chi connectivity index (χ0n) is 30.2. The summed E-state index contributed by atoms with van der Waals surface area (Å²) in [5.74, 6) is 0.0309. The van der Waals surface area contributed by atoms with Gasteiger partial charge in [-0.25, -0.2) is 4.98 Å². The highest BCUT2D eigenvalue weighted by Crippen LogP contribution is 2.41. The molecule has 4 heteroatoms. The van der Waals surface area contributed by atoms with E-state index < -0.39 is 0 Å². The zero-order chi connectivity index (χ0) is 36.7. The predicted molar refractivity (Wildman–Crippen MR) is 228 cm³/mol. The monoisotopic (exact) mass is 704 g/mol. The van der Waals surface area contributed by atoms with Crippen LogP contribution in [0, 0.1) is 0 Å². The molecular formula is C51H36N4. The van der Waals surface area contributed by atoms with Crippen LogP contribution in [-0.2, 0) is 0 Å². The van der Waals surface area contributed by atoms with Crippen LogP contribution in [0.25, 0.3) is 83.3 Å². The van der Waals surface area contributed by atoms with E-state index in [1.807, 2.05) is 24.4 Å². The SMILES string of the molecule is C=C1CC=CC=CC1c1cc(-c2ccc(-c3ccc(-c4nc5ccccc5c5c4c4ccccc4n5-c4ccccc4)cc3)cc2)cc(-c2ccccn2)n1. The minimum atomic E-state index is 0.0309. The summed E-state index contributed by atoms with van der Waals surface area (Å²) < 4.78 is 2.39. The molecule has 1 atom stereocenters. The van der Waals surface area contributed by atoms with E-state index in [1.165, 1.54) is 16.4 Å². The van der Waals surface area contributed by atoms with Gasteiger partial charge in [0.25, 0.3) is 0 Å². The molecule has 0 saturated carbocycles. The highest BCUT2D eigenvalue weighted by molar-refractivity contribution is 6.22. The molecule has 10 rings (SSSR count). The summed E-state index contributed by atoms with van der Waals surface area (Å²) >= 11 is 0. The second-order valence-corrected chi connectivity index (χ2v) is 14.1. The van der Waals surface area contributed by atoms with Gasteiger partial charge in [-0.1, -0.05) is 146 Å². The molecule has 4 nitrogen and oxygen atoms in total. The van der Waals surface area contributed by atoms with E-state index in [-0.39, 0.29) is 5.92 Å². The van der Waals surface area contributed by atoms with Gasteiger partial charge in [0.1, 0.15) is 0 Å². The first-order valence-corrected chi connectivity index (χ1v) is 18.7. The number of para-hydroxylation sites is 3. The highest BCUT2D eigenvalue weighted by Gasteiger charge is 2.21. The summed E-state index contributed by atoms with van der Waals surface area (Å²) in [7, 11) is 0. The lowest BCUT2D eigenvalue weighted by Crippen LogP contribution is -2.03. The van der Waals surface area contributed by atoms with Crippen LogP contribution in [0.15, 0.2) is 200 Å². The summed E-state index contributed by atoms with van der Waals surface area (Å²) in [5, 5.41) is 3.49. The summed E-state index contributed by atoms with van der Waals surface area (Å²) in [5.41, 5.74) is 14.9. The molecule has 55 heavy (non-hydrogen) atoms. The summed E-state index contributed by atoms with van der Waals surface area (Å²) in [6.07, 6.45) is 11.2. The summed E-state index contributed by atoms with van der Waals surface area (Å²) in [4.78, 5) is 15.1. The fraction of sp³-hybridized carbons (Fsp3) is 0.0392. The van der Waals surface area contributed by atoms with Crippen molar-refractivity contribution in [1.82, 2.24) is 19.5 Å². The molecule has 0 aliphatic heterocycles. The Bertz CT molecular complexity index is 2940. The third-order valence-electron chi connectivity index (χ3n) is 10.7. The topological polar surface area (TPSA) is 43.6 Å². The smallest absolute Gasteiger partial charge is 0.0896 e. The molecule has 4 heterocycles. The molecule has 1 aliphatic rings. The van der Waals surface area contributed by atoms with Crippen LogP contribution in [0.1, 0.15) is 18.0 Å². The number of hydrogen-bond acceptors (Lipinski definition) is 3. The van der Waals surface area contributed by atoms with Crippen LogP contribution >= 0.6 is 0 Å². The Morgan fingerprint density at radius 3 is 2.00 bits per heavy atom. The quantitative estimate of drug-likeness (QED) is 0.162. The van der Waals surface area contributed by atoms with Crippen molar-refractivity contribution in [1.29, 1.82) is 0 Å². The van der Waals surface area contributed by atoms with E-state index in [4.69, 9.17) is 9.97 Å². The zero-order valence-corrected chi connectivity index (χ0v) is 30.2. The number of pyridine rings is 3. The maximum absolute atomic E-state index is 5.32. The van der Waals surface area contributed by atoms with Gasteiger partial charge in [0.05, 0.1) is 39.3 Å². The average molecular weight is 705 g/mol. The van der Waals surface area contributed by atoms with Crippen molar-refractivity contribution >= 4 is 32.7 Å². The van der Waals surface area contributed by atoms with Gasteiger partial charge >= 0.3 is 0 Å². The minimum Gasteiger partial charge on any atom is -0.308 e. The number of benzene rings is 5. The first-order chi connectivity index (χ1) is 27.2. The molecule has 4 aromatic heterocycles. The number of nitrogens with zero attached hydrogens (tertiary/aromatic N) is 4. The van der Waals surface area contributed by atoms with Crippen molar-refractivity contribution in [3.63, 3.8) is 0 Å². The molecule has 0 N–H and O–H groups in total. The lowest BCUT2D eigenvalue weighted by atomic mass is 9.91. The van der Waals surface area contributed by atoms with E-state index in [9.17, 15) is 0 Å². The van der Waals surface area contributed by atoms with Crippen molar-refractivity contribution in [2.75, 3.05) is 0 Å². The molecule has 0 saturated heterocycles. The number of rotatable bonds is 6. The number of fused-ring (bicyclic) bond motifs is 5. The molecule has 260 valence electrons. The number of allylic oxidation sites excluding steroid dienone is 5. The van der Waals surface area contributed by atoms with Crippen molar-refractivity contribution in [3.05, 3.63) is 206 Å². The minimum absolute atomic E-state index is 0.0309. The van der Waals surface area contributed by atoms with E-state index in [0.717, 1.165) is 84.6 Å². The van der Waals surface area contributed by atoms with Crippen molar-refractivity contribution in [2.45, 2.75) is 12.3 Å². The van der Waals surface area contributed by atoms with Gasteiger partial charge in [-0.05, 0) is 77.2 Å². The van der Waals surface area contributed by atoms with Crippen LogP contribution in [-0.4, -0.2) is 19.5 Å².